The largest absolute Gasteiger partial charge is 0.478 e. The third-order valence-corrected chi connectivity index (χ3v) is 6.84. The molecule has 0 spiro atoms. The van der Waals surface area contributed by atoms with Gasteiger partial charge < -0.3 is 9.67 Å². The first-order valence-electron chi connectivity index (χ1n) is 11.6. The highest BCUT2D eigenvalue weighted by molar-refractivity contribution is 7.98. The maximum Gasteiger partial charge on any atom is 0.336 e. The van der Waals surface area contributed by atoms with Gasteiger partial charge in [-0.15, -0.1) is 10.2 Å². The number of thioether (sulfide) groups is 1. The Morgan fingerprint density at radius 3 is 2.35 bits per heavy atom. The molecule has 34 heavy (non-hydrogen) atoms. The summed E-state index contributed by atoms with van der Waals surface area (Å²) in [6.07, 6.45) is 3.08. The molecule has 1 aromatic heterocycles. The Kier molecular flexibility index (Phi) is 7.80. The number of carbonyl (C=O) groups is 1. The van der Waals surface area contributed by atoms with E-state index in [0.29, 0.717) is 12.1 Å². The summed E-state index contributed by atoms with van der Waals surface area (Å²) in [5.41, 5.74) is 5.58. The Morgan fingerprint density at radius 2 is 1.65 bits per heavy atom. The van der Waals surface area contributed by atoms with Crippen LogP contribution < -0.4 is 0 Å². The van der Waals surface area contributed by atoms with Crippen LogP contribution in [-0.4, -0.2) is 25.8 Å². The topological polar surface area (TPSA) is 68.0 Å². The maximum atomic E-state index is 11.6. The van der Waals surface area contributed by atoms with Gasteiger partial charge >= 0.3 is 5.97 Å². The van der Waals surface area contributed by atoms with Crippen molar-refractivity contribution in [2.75, 3.05) is 0 Å². The quantitative estimate of drug-likeness (QED) is 0.263. The predicted molar refractivity (Wildman–Crippen MR) is 137 cm³/mol. The van der Waals surface area contributed by atoms with Crippen LogP contribution in [-0.2, 0) is 18.7 Å². The number of nitrogens with zero attached hydrogens (tertiary/aromatic N) is 3. The lowest BCUT2D eigenvalue weighted by Crippen LogP contribution is -2.07. The van der Waals surface area contributed by atoms with Crippen molar-refractivity contribution in [3.8, 4) is 11.1 Å². The molecule has 0 aliphatic rings. The molecular weight excluding hydrogens is 442 g/mol. The molecule has 0 bridgehead atoms. The number of aryl methyl sites for hydroxylation is 2. The number of unbranched alkanes of at least 4 members (excludes halogenated alkanes) is 1. The fourth-order valence-corrected chi connectivity index (χ4v) is 4.74. The Bertz CT molecular complexity index is 1250. The summed E-state index contributed by atoms with van der Waals surface area (Å²) in [6.45, 7) is 4.96. The van der Waals surface area contributed by atoms with Crippen LogP contribution in [0.1, 0.15) is 52.6 Å². The van der Waals surface area contributed by atoms with Gasteiger partial charge in [0.1, 0.15) is 5.82 Å². The first kappa shape index (κ1) is 23.8. The van der Waals surface area contributed by atoms with Gasteiger partial charge in [0, 0.05) is 12.2 Å². The molecule has 0 atom stereocenters. The van der Waals surface area contributed by atoms with Crippen LogP contribution >= 0.6 is 11.8 Å². The zero-order chi connectivity index (χ0) is 23.9. The van der Waals surface area contributed by atoms with E-state index in [0.717, 1.165) is 52.7 Å². The van der Waals surface area contributed by atoms with Crippen LogP contribution in [0, 0.1) is 6.92 Å². The Morgan fingerprint density at radius 1 is 0.941 bits per heavy atom. The molecule has 1 N–H and O–H groups in total. The molecule has 0 fully saturated rings. The molecule has 4 rings (SSSR count). The Balaban J connectivity index is 1.55. The Hall–Kier alpha value is -3.38. The van der Waals surface area contributed by atoms with E-state index in [2.05, 4.69) is 65.0 Å². The average Bonchev–Trinajstić information content (AvgIpc) is 3.24. The highest BCUT2D eigenvalue weighted by atomic mass is 32.2. The van der Waals surface area contributed by atoms with Crippen LogP contribution in [0.3, 0.4) is 0 Å². The summed E-state index contributed by atoms with van der Waals surface area (Å²) in [5, 5.41) is 19.4. The summed E-state index contributed by atoms with van der Waals surface area (Å²) in [6, 6.07) is 23.8. The van der Waals surface area contributed by atoms with Gasteiger partial charge in [-0.1, -0.05) is 97.4 Å². The van der Waals surface area contributed by atoms with Crippen LogP contribution in [0.5, 0.6) is 0 Å². The van der Waals surface area contributed by atoms with Crippen LogP contribution in [0.15, 0.2) is 78.0 Å². The average molecular weight is 472 g/mol. The third kappa shape index (κ3) is 5.75. The number of carboxylic acid groups (broad SMARTS) is 1. The standard InChI is InChI=1S/C28H29N3O2S/c1-3-4-9-26-29-30-28(34-19-22-12-10-20(2)11-13-22)31(26)18-21-14-16-23(17-15-21)24-7-5-6-8-25(24)27(32)33/h5-8,10-17H,3-4,9,18-19H2,1-2H3,(H,32,33). The monoisotopic (exact) mass is 471 g/mol. The van der Waals surface area contributed by atoms with Gasteiger partial charge in [-0.05, 0) is 41.7 Å². The second-order valence-electron chi connectivity index (χ2n) is 8.41. The first-order valence-corrected chi connectivity index (χ1v) is 12.6. The molecule has 0 saturated carbocycles. The van der Waals surface area contributed by atoms with Crippen molar-refractivity contribution >= 4 is 17.7 Å². The molecule has 0 aliphatic heterocycles. The zero-order valence-electron chi connectivity index (χ0n) is 19.6. The number of hydrogen-bond acceptors (Lipinski definition) is 4. The van der Waals surface area contributed by atoms with Gasteiger partial charge in [-0.3, -0.25) is 0 Å². The second kappa shape index (κ2) is 11.2. The van der Waals surface area contributed by atoms with Crippen LogP contribution in [0.25, 0.3) is 11.1 Å². The molecule has 4 aromatic rings. The molecule has 0 radical (unpaired) electrons. The van der Waals surface area contributed by atoms with Crippen LogP contribution in [0.2, 0.25) is 0 Å². The minimum atomic E-state index is -0.917. The van der Waals surface area contributed by atoms with Gasteiger partial charge in [0.25, 0.3) is 0 Å². The van der Waals surface area contributed by atoms with Crippen molar-refractivity contribution in [3.05, 3.63) is 101 Å². The SMILES string of the molecule is CCCCc1nnc(SCc2ccc(C)cc2)n1Cc1ccc(-c2ccccc2C(=O)O)cc1. The van der Waals surface area contributed by atoms with E-state index in [1.165, 1.54) is 11.1 Å². The van der Waals surface area contributed by atoms with Crippen molar-refractivity contribution < 1.29 is 9.90 Å². The van der Waals surface area contributed by atoms with E-state index in [1.54, 1.807) is 23.9 Å². The van der Waals surface area contributed by atoms with E-state index < -0.39 is 5.97 Å². The third-order valence-electron chi connectivity index (χ3n) is 5.80. The molecule has 0 unspecified atom stereocenters. The molecule has 174 valence electrons. The summed E-state index contributed by atoms with van der Waals surface area (Å²) in [7, 11) is 0. The second-order valence-corrected chi connectivity index (χ2v) is 9.35. The minimum absolute atomic E-state index is 0.311. The summed E-state index contributed by atoms with van der Waals surface area (Å²) in [4.78, 5) is 11.6. The van der Waals surface area contributed by atoms with E-state index in [-0.39, 0.29) is 0 Å². The number of hydrogen-bond donors (Lipinski definition) is 1. The summed E-state index contributed by atoms with van der Waals surface area (Å²) < 4.78 is 2.22. The van der Waals surface area contributed by atoms with Crippen LogP contribution in [0.4, 0.5) is 0 Å². The van der Waals surface area contributed by atoms with E-state index in [4.69, 9.17) is 0 Å². The van der Waals surface area contributed by atoms with Crippen molar-refractivity contribution in [1.82, 2.24) is 14.8 Å². The molecule has 0 saturated heterocycles. The van der Waals surface area contributed by atoms with Crippen molar-refractivity contribution in [3.63, 3.8) is 0 Å². The minimum Gasteiger partial charge on any atom is -0.478 e. The molecule has 0 amide bonds. The zero-order valence-corrected chi connectivity index (χ0v) is 20.4. The maximum absolute atomic E-state index is 11.6. The summed E-state index contributed by atoms with van der Waals surface area (Å²) >= 11 is 1.71. The number of carboxylic acids is 1. The number of rotatable bonds is 10. The van der Waals surface area contributed by atoms with Gasteiger partial charge in [0.2, 0.25) is 0 Å². The highest BCUT2D eigenvalue weighted by Gasteiger charge is 2.14. The predicted octanol–water partition coefficient (Wildman–Crippen LogP) is 6.63. The number of aromatic carboxylic acids is 1. The van der Waals surface area contributed by atoms with Gasteiger partial charge in [-0.2, -0.15) is 0 Å². The molecule has 5 nitrogen and oxygen atoms in total. The normalized spacial score (nSPS) is 11.0. The number of aromatic nitrogens is 3. The van der Waals surface area contributed by atoms with Gasteiger partial charge in [0.05, 0.1) is 12.1 Å². The highest BCUT2D eigenvalue weighted by Crippen LogP contribution is 2.26. The Labute approximate surface area is 204 Å². The van der Waals surface area contributed by atoms with Gasteiger partial charge in [0.15, 0.2) is 5.16 Å². The fourth-order valence-electron chi connectivity index (χ4n) is 3.83. The lowest BCUT2D eigenvalue weighted by Gasteiger charge is -2.12. The van der Waals surface area contributed by atoms with E-state index in [1.807, 2.05) is 24.3 Å². The summed E-state index contributed by atoms with van der Waals surface area (Å²) in [5.74, 6) is 0.936. The lowest BCUT2D eigenvalue weighted by molar-refractivity contribution is 0.0697. The molecular formula is C28H29N3O2S. The van der Waals surface area contributed by atoms with Crippen molar-refractivity contribution in [2.24, 2.45) is 0 Å². The molecule has 6 heteroatoms. The van der Waals surface area contributed by atoms with E-state index >= 15 is 0 Å². The smallest absolute Gasteiger partial charge is 0.336 e. The molecule has 0 aliphatic carbocycles. The number of benzene rings is 3. The first-order chi connectivity index (χ1) is 16.5. The lowest BCUT2D eigenvalue weighted by atomic mass is 9.99. The van der Waals surface area contributed by atoms with E-state index in [9.17, 15) is 9.90 Å². The van der Waals surface area contributed by atoms with Gasteiger partial charge in [-0.25, -0.2) is 4.79 Å². The fraction of sp³-hybridized carbons (Fsp3) is 0.250. The van der Waals surface area contributed by atoms with Crippen molar-refractivity contribution in [2.45, 2.75) is 50.6 Å². The van der Waals surface area contributed by atoms with Crippen molar-refractivity contribution in [1.29, 1.82) is 0 Å². The molecule has 1 heterocycles. The molecule has 3 aromatic carbocycles.